The summed E-state index contributed by atoms with van der Waals surface area (Å²) in [5.74, 6) is 0.554. The largest absolute Gasteiger partial charge is 0.358 e. The molecule has 19 heavy (non-hydrogen) atoms. The van der Waals surface area contributed by atoms with Crippen LogP contribution in [-0.2, 0) is 6.54 Å². The van der Waals surface area contributed by atoms with Crippen LogP contribution in [0.5, 0.6) is 0 Å². The fourth-order valence-corrected chi connectivity index (χ4v) is 2.38. The maximum absolute atomic E-state index is 5.49. The van der Waals surface area contributed by atoms with Gasteiger partial charge < -0.3 is 10.7 Å². The van der Waals surface area contributed by atoms with Gasteiger partial charge in [0.1, 0.15) is 5.69 Å². The summed E-state index contributed by atoms with van der Waals surface area (Å²) in [6.07, 6.45) is 1.73. The zero-order chi connectivity index (χ0) is 13.4. The molecule has 0 amide bonds. The predicted molar refractivity (Wildman–Crippen MR) is 74.5 cm³/mol. The number of nitrogens with zero attached hydrogens (tertiary/aromatic N) is 3. The van der Waals surface area contributed by atoms with Gasteiger partial charge in [-0.3, -0.25) is 0 Å². The van der Waals surface area contributed by atoms with Gasteiger partial charge in [-0.1, -0.05) is 12.1 Å². The first-order chi connectivity index (χ1) is 9.20. The quantitative estimate of drug-likeness (QED) is 0.732. The number of benzene rings is 1. The van der Waals surface area contributed by atoms with Crippen molar-refractivity contribution < 1.29 is 0 Å². The van der Waals surface area contributed by atoms with E-state index in [2.05, 4.69) is 39.2 Å². The first-order valence-electron chi connectivity index (χ1n) is 6.17. The Morgan fingerprint density at radius 2 is 2.05 bits per heavy atom. The summed E-state index contributed by atoms with van der Waals surface area (Å²) in [7, 11) is 0. The Balaban J connectivity index is 2.26. The third-order valence-electron chi connectivity index (χ3n) is 3.27. The molecule has 2 aromatic heterocycles. The predicted octanol–water partition coefficient (Wildman–Crippen LogP) is 2.10. The fraction of sp³-hybridized carbons (Fsp3) is 0.214. The Morgan fingerprint density at radius 1 is 1.21 bits per heavy atom. The molecule has 1 aromatic carbocycles. The van der Waals surface area contributed by atoms with Gasteiger partial charge in [-0.25, -0.2) is 4.98 Å². The number of aryl methyl sites for hydroxylation is 2. The van der Waals surface area contributed by atoms with Crippen LogP contribution in [0.2, 0.25) is 0 Å². The maximum Gasteiger partial charge on any atom is 0.164 e. The Kier molecular flexibility index (Phi) is 2.76. The van der Waals surface area contributed by atoms with Crippen molar-refractivity contribution >= 4 is 10.9 Å². The van der Waals surface area contributed by atoms with E-state index in [0.29, 0.717) is 12.4 Å². The highest BCUT2D eigenvalue weighted by atomic mass is 15.2. The van der Waals surface area contributed by atoms with E-state index in [1.165, 1.54) is 10.9 Å². The Labute approximate surface area is 110 Å². The Morgan fingerprint density at radius 3 is 2.74 bits per heavy atom. The van der Waals surface area contributed by atoms with E-state index in [-0.39, 0.29) is 0 Å². The molecule has 0 aliphatic carbocycles. The molecule has 3 rings (SSSR count). The van der Waals surface area contributed by atoms with Crippen molar-refractivity contribution in [3.8, 4) is 11.3 Å². The second kappa shape index (κ2) is 4.44. The van der Waals surface area contributed by atoms with Crippen LogP contribution < -0.4 is 5.73 Å². The molecule has 0 aliphatic heterocycles. The summed E-state index contributed by atoms with van der Waals surface area (Å²) in [6.45, 7) is 4.43. The number of rotatable bonds is 2. The molecule has 0 unspecified atom stereocenters. The van der Waals surface area contributed by atoms with Crippen molar-refractivity contribution in [2.75, 3.05) is 0 Å². The van der Waals surface area contributed by atoms with Crippen LogP contribution in [-0.4, -0.2) is 20.2 Å². The number of H-pyrrole nitrogens is 1. The molecule has 0 fully saturated rings. The molecule has 3 aromatic rings. The van der Waals surface area contributed by atoms with Crippen molar-refractivity contribution in [1.29, 1.82) is 0 Å². The van der Waals surface area contributed by atoms with E-state index in [1.807, 2.05) is 13.0 Å². The smallest absolute Gasteiger partial charge is 0.164 e. The van der Waals surface area contributed by atoms with Crippen molar-refractivity contribution in [2.45, 2.75) is 20.4 Å². The molecule has 5 heteroatoms. The summed E-state index contributed by atoms with van der Waals surface area (Å²) in [6, 6.07) is 6.20. The lowest BCUT2D eigenvalue weighted by Crippen LogP contribution is -2.04. The van der Waals surface area contributed by atoms with E-state index in [0.717, 1.165) is 22.5 Å². The number of aromatic amines is 1. The number of fused-ring (bicyclic) bond motifs is 1. The van der Waals surface area contributed by atoms with Crippen LogP contribution in [0.4, 0.5) is 0 Å². The van der Waals surface area contributed by atoms with E-state index in [9.17, 15) is 0 Å². The van der Waals surface area contributed by atoms with Gasteiger partial charge in [-0.2, -0.15) is 0 Å². The zero-order valence-electron chi connectivity index (χ0n) is 10.9. The molecule has 0 spiro atoms. The number of aromatic nitrogens is 4. The Hall–Kier alpha value is -2.27. The van der Waals surface area contributed by atoms with Gasteiger partial charge in [0.2, 0.25) is 0 Å². The van der Waals surface area contributed by atoms with E-state index in [1.54, 1.807) is 6.20 Å². The standard InChI is InChI=1S/C14H15N5/c1-8-4-3-5-10-13(8)14(9(2)17-10)11-7-16-12(6-15)19-18-11/h3-5,7,17H,6,15H2,1-2H3. The molecule has 5 nitrogen and oxygen atoms in total. The molecule has 0 radical (unpaired) electrons. The first-order valence-corrected chi connectivity index (χ1v) is 6.17. The monoisotopic (exact) mass is 253 g/mol. The lowest BCUT2D eigenvalue weighted by atomic mass is 10.0. The lowest BCUT2D eigenvalue weighted by Gasteiger charge is -2.02. The first kappa shape index (κ1) is 11.8. The molecule has 0 atom stereocenters. The summed E-state index contributed by atoms with van der Waals surface area (Å²) >= 11 is 0. The molecule has 0 saturated heterocycles. The molecule has 3 N–H and O–H groups in total. The third kappa shape index (κ3) is 1.88. The minimum absolute atomic E-state index is 0.305. The van der Waals surface area contributed by atoms with Gasteiger partial charge in [0.05, 0.1) is 12.7 Å². The van der Waals surface area contributed by atoms with Crippen LogP contribution in [0.15, 0.2) is 24.4 Å². The van der Waals surface area contributed by atoms with Crippen LogP contribution >= 0.6 is 0 Å². The maximum atomic E-state index is 5.49. The third-order valence-corrected chi connectivity index (χ3v) is 3.27. The minimum atomic E-state index is 0.305. The molecule has 0 aliphatic rings. The van der Waals surface area contributed by atoms with Crippen LogP contribution in [0, 0.1) is 13.8 Å². The van der Waals surface area contributed by atoms with Crippen LogP contribution in [0.25, 0.3) is 22.2 Å². The van der Waals surface area contributed by atoms with Gasteiger partial charge in [0.15, 0.2) is 5.82 Å². The number of nitrogens with two attached hydrogens (primary N) is 1. The molecule has 0 bridgehead atoms. The van der Waals surface area contributed by atoms with Gasteiger partial charge >= 0.3 is 0 Å². The number of nitrogens with one attached hydrogen (secondary N) is 1. The van der Waals surface area contributed by atoms with E-state index >= 15 is 0 Å². The molecular weight excluding hydrogens is 238 g/mol. The highest BCUT2D eigenvalue weighted by molar-refractivity contribution is 5.98. The number of hydrogen-bond acceptors (Lipinski definition) is 4. The van der Waals surface area contributed by atoms with Crippen molar-refractivity contribution in [2.24, 2.45) is 5.73 Å². The summed E-state index contributed by atoms with van der Waals surface area (Å²) < 4.78 is 0. The average Bonchev–Trinajstić information content (AvgIpc) is 2.76. The SMILES string of the molecule is Cc1[nH]c2cccc(C)c2c1-c1cnc(CN)nn1. The highest BCUT2D eigenvalue weighted by Crippen LogP contribution is 2.32. The summed E-state index contributed by atoms with van der Waals surface area (Å²) in [4.78, 5) is 7.59. The normalized spacial score (nSPS) is 11.1. The van der Waals surface area contributed by atoms with Gasteiger partial charge in [0, 0.05) is 22.2 Å². The lowest BCUT2D eigenvalue weighted by molar-refractivity contribution is 0.835. The molecule has 0 saturated carbocycles. The van der Waals surface area contributed by atoms with Crippen molar-refractivity contribution in [1.82, 2.24) is 20.2 Å². The Bertz CT molecular complexity index is 727. The topological polar surface area (TPSA) is 80.5 Å². The molecular formula is C14H15N5. The molecule has 2 heterocycles. The van der Waals surface area contributed by atoms with Crippen molar-refractivity contribution in [3.63, 3.8) is 0 Å². The minimum Gasteiger partial charge on any atom is -0.358 e. The highest BCUT2D eigenvalue weighted by Gasteiger charge is 2.14. The second-order valence-electron chi connectivity index (χ2n) is 4.59. The second-order valence-corrected chi connectivity index (χ2v) is 4.59. The van der Waals surface area contributed by atoms with Gasteiger partial charge in [0.25, 0.3) is 0 Å². The van der Waals surface area contributed by atoms with E-state index < -0.39 is 0 Å². The fourth-order valence-electron chi connectivity index (χ4n) is 2.38. The average molecular weight is 253 g/mol. The van der Waals surface area contributed by atoms with Gasteiger partial charge in [-0.05, 0) is 25.5 Å². The van der Waals surface area contributed by atoms with Crippen molar-refractivity contribution in [3.05, 3.63) is 41.5 Å². The van der Waals surface area contributed by atoms with Gasteiger partial charge in [-0.15, -0.1) is 10.2 Å². The zero-order valence-corrected chi connectivity index (χ0v) is 10.9. The molecule has 96 valence electrons. The van der Waals surface area contributed by atoms with E-state index in [4.69, 9.17) is 5.73 Å². The number of hydrogen-bond donors (Lipinski definition) is 2. The van der Waals surface area contributed by atoms with Crippen LogP contribution in [0.1, 0.15) is 17.1 Å². The summed E-state index contributed by atoms with van der Waals surface area (Å²) in [5.41, 5.74) is 10.7. The van der Waals surface area contributed by atoms with Crippen LogP contribution in [0.3, 0.4) is 0 Å². The summed E-state index contributed by atoms with van der Waals surface area (Å²) in [5, 5.41) is 9.44.